The molecule has 43 heavy (non-hydrogen) atoms. The van der Waals surface area contributed by atoms with Gasteiger partial charge >= 0.3 is 18.3 Å². The Bertz CT molecular complexity index is 1260. The molecular formula is C34H44F6O3. The lowest BCUT2D eigenvalue weighted by Gasteiger charge is -2.40. The Morgan fingerprint density at radius 1 is 0.744 bits per heavy atom. The zero-order chi connectivity index (χ0) is 32.3. The highest BCUT2D eigenvalue weighted by molar-refractivity contribution is 5.79. The number of hydrogen-bond donors (Lipinski definition) is 0. The van der Waals surface area contributed by atoms with E-state index in [0.29, 0.717) is 56.9 Å². The lowest BCUT2D eigenvalue weighted by molar-refractivity contribution is -0.149. The van der Waals surface area contributed by atoms with Gasteiger partial charge < -0.3 is 9.47 Å². The van der Waals surface area contributed by atoms with Crippen molar-refractivity contribution in [1.82, 2.24) is 0 Å². The van der Waals surface area contributed by atoms with Gasteiger partial charge in [0.05, 0.1) is 16.5 Å². The summed E-state index contributed by atoms with van der Waals surface area (Å²) >= 11 is 0. The molecule has 2 aromatic carbocycles. The van der Waals surface area contributed by atoms with Crippen LogP contribution in [0.2, 0.25) is 0 Å². The smallest absolute Gasteiger partial charge is 0.419 e. The fraction of sp³-hybridized carbons (Fsp3) is 0.618. The number of carbonyl (C=O) groups is 1. The maximum absolute atomic E-state index is 14.5. The van der Waals surface area contributed by atoms with E-state index in [1.807, 2.05) is 13.8 Å². The molecule has 0 spiro atoms. The highest BCUT2D eigenvalue weighted by Crippen LogP contribution is 2.50. The molecule has 0 bridgehead atoms. The lowest BCUT2D eigenvalue weighted by Crippen LogP contribution is -2.34. The minimum absolute atomic E-state index is 0.249. The molecule has 0 radical (unpaired) electrons. The quantitative estimate of drug-likeness (QED) is 0.144. The molecular weight excluding hydrogens is 570 g/mol. The Kier molecular flexibility index (Phi) is 10.6. The third-order valence-electron chi connectivity index (χ3n) is 9.52. The fourth-order valence-electron chi connectivity index (χ4n) is 6.03. The second kappa shape index (κ2) is 13.1. The van der Waals surface area contributed by atoms with Crippen LogP contribution < -0.4 is 9.47 Å². The third-order valence-corrected chi connectivity index (χ3v) is 9.52. The molecule has 0 aromatic heterocycles. The molecule has 0 saturated heterocycles. The number of esters is 1. The molecule has 0 amide bonds. The second-order valence-electron chi connectivity index (χ2n) is 12.4. The van der Waals surface area contributed by atoms with E-state index in [1.54, 1.807) is 33.8 Å². The van der Waals surface area contributed by atoms with Crippen molar-refractivity contribution >= 4 is 5.97 Å². The van der Waals surface area contributed by atoms with Crippen LogP contribution in [0, 0.1) is 5.41 Å². The Balaban J connectivity index is 2.18. The van der Waals surface area contributed by atoms with Gasteiger partial charge in [0.25, 0.3) is 0 Å². The van der Waals surface area contributed by atoms with Gasteiger partial charge in [0.1, 0.15) is 17.1 Å². The average molecular weight is 615 g/mol. The van der Waals surface area contributed by atoms with Gasteiger partial charge in [-0.3, -0.25) is 4.79 Å². The van der Waals surface area contributed by atoms with Crippen molar-refractivity contribution in [2.24, 2.45) is 5.41 Å². The molecule has 1 unspecified atom stereocenters. The van der Waals surface area contributed by atoms with Gasteiger partial charge in [-0.25, -0.2) is 0 Å². The van der Waals surface area contributed by atoms with E-state index in [2.05, 4.69) is 0 Å². The van der Waals surface area contributed by atoms with E-state index < -0.39 is 51.6 Å². The van der Waals surface area contributed by atoms with E-state index in [-0.39, 0.29) is 11.3 Å². The first-order valence-corrected chi connectivity index (χ1v) is 15.3. The highest BCUT2D eigenvalue weighted by Gasteiger charge is 2.44. The van der Waals surface area contributed by atoms with Gasteiger partial charge in [0.2, 0.25) is 0 Å². The first-order chi connectivity index (χ1) is 20.0. The number of hydrogen-bond acceptors (Lipinski definition) is 3. The minimum Gasteiger partial charge on any atom is -0.487 e. The van der Waals surface area contributed by atoms with Crippen LogP contribution in [0.3, 0.4) is 0 Å². The first kappa shape index (κ1) is 34.8. The van der Waals surface area contributed by atoms with Crippen molar-refractivity contribution in [3.8, 4) is 11.5 Å². The molecule has 1 saturated carbocycles. The predicted molar refractivity (Wildman–Crippen MR) is 155 cm³/mol. The Labute approximate surface area is 251 Å². The van der Waals surface area contributed by atoms with Crippen molar-refractivity contribution in [3.05, 3.63) is 58.7 Å². The molecule has 3 nitrogen and oxygen atoms in total. The van der Waals surface area contributed by atoms with Gasteiger partial charge in [0, 0.05) is 5.41 Å². The van der Waals surface area contributed by atoms with Gasteiger partial charge in [-0.05, 0) is 87.8 Å². The third kappa shape index (κ3) is 7.51. The SMILES string of the molecule is CCCC(C)(CC)Oc1ccc(C2(c3ccc(OC(=O)C(C)(CC)CC)c(C(F)(F)F)c3)CCCCC2)cc1C(F)(F)F. The average Bonchev–Trinajstić information content (AvgIpc) is 2.96. The van der Waals surface area contributed by atoms with Gasteiger partial charge in [-0.2, -0.15) is 26.3 Å². The van der Waals surface area contributed by atoms with Crippen LogP contribution in [0.25, 0.3) is 0 Å². The molecule has 3 rings (SSSR count). The van der Waals surface area contributed by atoms with Crippen LogP contribution in [0.1, 0.15) is 128 Å². The first-order valence-electron chi connectivity index (χ1n) is 15.3. The number of rotatable bonds is 11. The Hall–Kier alpha value is -2.71. The summed E-state index contributed by atoms with van der Waals surface area (Å²) in [5, 5.41) is 0. The molecule has 0 heterocycles. The number of ether oxygens (including phenoxy) is 2. The second-order valence-corrected chi connectivity index (χ2v) is 12.4. The van der Waals surface area contributed by atoms with Crippen LogP contribution in [0.5, 0.6) is 11.5 Å². The van der Waals surface area contributed by atoms with Crippen molar-refractivity contribution in [2.75, 3.05) is 0 Å². The number of halogens is 6. The number of alkyl halides is 6. The van der Waals surface area contributed by atoms with Crippen molar-refractivity contribution < 1.29 is 40.6 Å². The van der Waals surface area contributed by atoms with Crippen molar-refractivity contribution in [1.29, 1.82) is 0 Å². The van der Waals surface area contributed by atoms with E-state index in [4.69, 9.17) is 9.47 Å². The molecule has 1 fully saturated rings. The van der Waals surface area contributed by atoms with Crippen LogP contribution in [0.4, 0.5) is 26.3 Å². The summed E-state index contributed by atoms with van der Waals surface area (Å²) in [6.07, 6.45) is -4.11. The molecule has 240 valence electrons. The summed E-state index contributed by atoms with van der Waals surface area (Å²) in [5.74, 6) is -1.64. The number of carbonyl (C=O) groups excluding carboxylic acids is 1. The molecule has 1 aliphatic rings. The normalized spacial score (nSPS) is 17.3. The summed E-state index contributed by atoms with van der Waals surface area (Å²) in [6.45, 7) is 10.8. The zero-order valence-corrected chi connectivity index (χ0v) is 26.0. The Morgan fingerprint density at radius 2 is 1.23 bits per heavy atom. The van der Waals surface area contributed by atoms with Crippen LogP contribution in [0.15, 0.2) is 36.4 Å². The summed E-state index contributed by atoms with van der Waals surface area (Å²) in [5.41, 5.74) is -4.34. The van der Waals surface area contributed by atoms with Crippen LogP contribution in [-0.2, 0) is 22.6 Å². The van der Waals surface area contributed by atoms with E-state index in [0.717, 1.165) is 31.0 Å². The van der Waals surface area contributed by atoms with Crippen LogP contribution >= 0.6 is 0 Å². The van der Waals surface area contributed by atoms with E-state index >= 15 is 0 Å². The van der Waals surface area contributed by atoms with Crippen LogP contribution in [-0.4, -0.2) is 11.6 Å². The Morgan fingerprint density at radius 3 is 1.67 bits per heavy atom. The molecule has 0 aliphatic heterocycles. The highest BCUT2D eigenvalue weighted by atomic mass is 19.4. The minimum atomic E-state index is -4.85. The summed E-state index contributed by atoms with van der Waals surface area (Å²) < 4.78 is 97.9. The number of benzene rings is 2. The monoisotopic (exact) mass is 614 g/mol. The fourth-order valence-corrected chi connectivity index (χ4v) is 6.03. The summed E-state index contributed by atoms with van der Waals surface area (Å²) in [7, 11) is 0. The van der Waals surface area contributed by atoms with Gasteiger partial charge in [-0.1, -0.05) is 65.5 Å². The maximum atomic E-state index is 14.5. The molecule has 2 aromatic rings. The lowest BCUT2D eigenvalue weighted by atomic mass is 9.65. The van der Waals surface area contributed by atoms with Crippen molar-refractivity contribution in [2.45, 2.75) is 129 Å². The standard InChI is InChI=1S/C34H44F6O3/c1-7-18-31(6,10-4)43-28-17-15-24(22-26(28)34(38,39)40)32(19-12-11-13-20-32)23-14-16-27(25(21-23)33(35,36)37)42-29(41)30(5,8-2)9-3/h14-17,21-22H,7-13,18-20H2,1-6H3. The van der Waals surface area contributed by atoms with Gasteiger partial charge in [0.15, 0.2) is 0 Å². The van der Waals surface area contributed by atoms with E-state index in [9.17, 15) is 31.1 Å². The largest absolute Gasteiger partial charge is 0.487 e. The summed E-state index contributed by atoms with van der Waals surface area (Å²) in [6, 6.07) is 7.49. The maximum Gasteiger partial charge on any atom is 0.419 e. The molecule has 0 N–H and O–H groups in total. The zero-order valence-electron chi connectivity index (χ0n) is 26.0. The molecule has 1 aliphatic carbocycles. The summed E-state index contributed by atoms with van der Waals surface area (Å²) in [4.78, 5) is 12.9. The van der Waals surface area contributed by atoms with E-state index in [1.165, 1.54) is 12.1 Å². The predicted octanol–water partition coefficient (Wildman–Crippen LogP) is 11.1. The topological polar surface area (TPSA) is 35.5 Å². The van der Waals surface area contributed by atoms with Gasteiger partial charge in [-0.15, -0.1) is 0 Å². The molecule has 1 atom stereocenters. The van der Waals surface area contributed by atoms with Crippen molar-refractivity contribution in [3.63, 3.8) is 0 Å². The molecule has 9 heteroatoms.